The van der Waals surface area contributed by atoms with Crippen LogP contribution in [0.2, 0.25) is 10.0 Å². The summed E-state index contributed by atoms with van der Waals surface area (Å²) in [6.07, 6.45) is 6.51. The third kappa shape index (κ3) is 4.90. The number of fused-ring (bicyclic) bond motifs is 1. The zero-order valence-electron chi connectivity index (χ0n) is 18.4. The van der Waals surface area contributed by atoms with Crippen molar-refractivity contribution in [2.24, 2.45) is 0 Å². The van der Waals surface area contributed by atoms with Gasteiger partial charge < -0.3 is 5.32 Å². The number of aromatic nitrogens is 4. The summed E-state index contributed by atoms with van der Waals surface area (Å²) in [6.45, 7) is 1.28. The molecule has 0 saturated carbocycles. The van der Waals surface area contributed by atoms with Crippen LogP contribution in [0.15, 0.2) is 64.4 Å². The molecule has 1 aliphatic heterocycles. The molecule has 0 radical (unpaired) electrons. The first kappa shape index (κ1) is 24.5. The molecule has 1 aromatic carbocycles. The Kier molecular flexibility index (Phi) is 7.00. The monoisotopic (exact) mass is 594 g/mol. The molecule has 1 saturated heterocycles. The van der Waals surface area contributed by atoms with Crippen LogP contribution in [0.25, 0.3) is 5.65 Å². The van der Waals surface area contributed by atoms with Crippen molar-refractivity contribution in [2.45, 2.75) is 30.2 Å². The molecule has 0 unspecified atom stereocenters. The first-order valence-electron chi connectivity index (χ1n) is 11.0. The van der Waals surface area contributed by atoms with Crippen LogP contribution in [0.4, 0.5) is 5.82 Å². The molecule has 8 nitrogen and oxygen atoms in total. The molecule has 0 aliphatic carbocycles. The Morgan fingerprint density at radius 3 is 2.51 bits per heavy atom. The van der Waals surface area contributed by atoms with Crippen LogP contribution in [0.1, 0.15) is 30.0 Å². The van der Waals surface area contributed by atoms with E-state index in [0.717, 1.165) is 21.5 Å². The number of pyridine rings is 1. The number of nitrogens with one attached hydrogen (secondary N) is 1. The zero-order chi connectivity index (χ0) is 24.6. The maximum absolute atomic E-state index is 13.2. The number of hydrogen-bond donors (Lipinski definition) is 1. The van der Waals surface area contributed by atoms with E-state index in [-0.39, 0.29) is 20.9 Å². The maximum Gasteiger partial charge on any atom is 0.246 e. The smallest absolute Gasteiger partial charge is 0.246 e. The van der Waals surface area contributed by atoms with Gasteiger partial charge >= 0.3 is 0 Å². The number of benzene rings is 1. The summed E-state index contributed by atoms with van der Waals surface area (Å²) in [5, 5.41) is 8.11. The normalized spacial score (nSPS) is 15.5. The number of nitrogens with zero attached hydrogens (tertiary/aromatic N) is 5. The van der Waals surface area contributed by atoms with Gasteiger partial charge in [-0.1, -0.05) is 35.3 Å². The zero-order valence-corrected chi connectivity index (χ0v) is 22.3. The molecule has 182 valence electrons. The predicted octanol–water partition coefficient (Wildman–Crippen LogP) is 5.37. The van der Waals surface area contributed by atoms with E-state index in [4.69, 9.17) is 28.2 Å². The highest BCUT2D eigenvalue weighted by Crippen LogP contribution is 2.36. The molecule has 12 heteroatoms. The lowest BCUT2D eigenvalue weighted by Gasteiger charge is -2.31. The van der Waals surface area contributed by atoms with Crippen LogP contribution in [-0.2, 0) is 16.6 Å². The van der Waals surface area contributed by atoms with E-state index in [1.54, 1.807) is 23.0 Å². The first-order valence-corrected chi connectivity index (χ1v) is 13.9. The third-order valence-electron chi connectivity index (χ3n) is 6.03. The molecule has 0 atom stereocenters. The molecule has 0 bridgehead atoms. The number of anilines is 1. The predicted molar refractivity (Wildman–Crippen MR) is 139 cm³/mol. The molecular weight excluding hydrogens is 575 g/mol. The third-order valence-corrected chi connectivity index (χ3v) is 9.45. The summed E-state index contributed by atoms with van der Waals surface area (Å²) < 4.78 is 30.5. The lowest BCUT2D eigenvalue weighted by molar-refractivity contribution is 0.317. The van der Waals surface area contributed by atoms with Gasteiger partial charge in [-0.15, -0.1) is 0 Å². The van der Waals surface area contributed by atoms with Crippen molar-refractivity contribution >= 4 is 60.6 Å². The molecule has 0 spiro atoms. The minimum atomic E-state index is -3.80. The molecule has 3 aromatic heterocycles. The van der Waals surface area contributed by atoms with E-state index in [1.165, 1.54) is 16.4 Å². The van der Waals surface area contributed by atoms with Crippen LogP contribution in [0.3, 0.4) is 0 Å². The van der Waals surface area contributed by atoms with Gasteiger partial charge in [0.15, 0.2) is 5.65 Å². The molecule has 4 aromatic rings. The highest BCUT2D eigenvalue weighted by atomic mass is 79.9. The van der Waals surface area contributed by atoms with Gasteiger partial charge in [-0.2, -0.15) is 13.9 Å². The fourth-order valence-electron chi connectivity index (χ4n) is 4.24. The van der Waals surface area contributed by atoms with Crippen LogP contribution in [-0.4, -0.2) is 45.4 Å². The van der Waals surface area contributed by atoms with Crippen LogP contribution in [0.5, 0.6) is 0 Å². The van der Waals surface area contributed by atoms with Crippen molar-refractivity contribution in [3.8, 4) is 0 Å². The van der Waals surface area contributed by atoms with Crippen LogP contribution < -0.4 is 5.32 Å². The summed E-state index contributed by atoms with van der Waals surface area (Å²) >= 11 is 15.9. The highest BCUT2D eigenvalue weighted by molar-refractivity contribution is 9.10. The molecule has 0 amide bonds. The number of halogens is 3. The minimum Gasteiger partial charge on any atom is -0.366 e. The summed E-state index contributed by atoms with van der Waals surface area (Å²) in [6, 6.07) is 10.6. The lowest BCUT2D eigenvalue weighted by atomic mass is 9.94. The second kappa shape index (κ2) is 10.0. The average Bonchev–Trinajstić information content (AvgIpc) is 3.24. The van der Waals surface area contributed by atoms with Crippen LogP contribution >= 0.6 is 39.1 Å². The van der Waals surface area contributed by atoms with E-state index in [9.17, 15) is 8.42 Å². The van der Waals surface area contributed by atoms with Crippen LogP contribution in [0, 0.1) is 0 Å². The van der Waals surface area contributed by atoms with E-state index >= 15 is 0 Å². The standard InChI is InChI=1S/C23H21BrCl2N6O2S/c24-17-14-29-32-21(28-13-15-3-2-8-27-12-15)11-20(30-23(17)32)16-6-9-31(10-7-16)35(33,34)22-18(25)4-1-5-19(22)26/h1-5,8,11-12,14,16,28H,6-7,9-10,13H2. The van der Waals surface area contributed by atoms with Crippen molar-refractivity contribution in [1.29, 1.82) is 0 Å². The number of hydrogen-bond acceptors (Lipinski definition) is 6. The van der Waals surface area contributed by atoms with Gasteiger partial charge in [-0.25, -0.2) is 13.4 Å². The van der Waals surface area contributed by atoms with Gasteiger partial charge in [0, 0.05) is 49.7 Å². The molecular formula is C23H21BrCl2N6O2S. The first-order chi connectivity index (χ1) is 16.8. The second-order valence-electron chi connectivity index (χ2n) is 8.24. The Morgan fingerprint density at radius 2 is 1.83 bits per heavy atom. The minimum absolute atomic E-state index is 0.0357. The van der Waals surface area contributed by atoms with Gasteiger partial charge in [-0.05, 0) is 52.5 Å². The number of piperidine rings is 1. The second-order valence-corrected chi connectivity index (χ2v) is 11.8. The van der Waals surface area contributed by atoms with Gasteiger partial charge in [0.05, 0.1) is 20.7 Å². The number of sulfonamides is 1. The largest absolute Gasteiger partial charge is 0.366 e. The highest BCUT2D eigenvalue weighted by Gasteiger charge is 2.33. The van der Waals surface area contributed by atoms with Crippen molar-refractivity contribution in [1.82, 2.24) is 23.9 Å². The van der Waals surface area contributed by atoms with Crippen molar-refractivity contribution in [3.63, 3.8) is 0 Å². The average molecular weight is 596 g/mol. The Labute approximate surface area is 221 Å². The summed E-state index contributed by atoms with van der Waals surface area (Å²) in [4.78, 5) is 8.96. The Morgan fingerprint density at radius 1 is 1.09 bits per heavy atom. The summed E-state index contributed by atoms with van der Waals surface area (Å²) in [5.41, 5.74) is 2.64. The Balaban J connectivity index is 1.37. The number of rotatable bonds is 6. The van der Waals surface area contributed by atoms with E-state index in [2.05, 4.69) is 31.3 Å². The molecule has 5 rings (SSSR count). The van der Waals surface area contributed by atoms with E-state index < -0.39 is 10.0 Å². The van der Waals surface area contributed by atoms with Gasteiger partial charge in [-0.3, -0.25) is 4.98 Å². The lowest BCUT2D eigenvalue weighted by Crippen LogP contribution is -2.38. The van der Waals surface area contributed by atoms with Gasteiger partial charge in [0.1, 0.15) is 10.7 Å². The molecule has 35 heavy (non-hydrogen) atoms. The van der Waals surface area contributed by atoms with Gasteiger partial charge in [0.2, 0.25) is 10.0 Å². The van der Waals surface area contributed by atoms with Gasteiger partial charge in [0.25, 0.3) is 0 Å². The fourth-order valence-corrected chi connectivity index (χ4v) is 7.14. The molecule has 1 aliphatic rings. The van der Waals surface area contributed by atoms with E-state index in [0.29, 0.717) is 38.1 Å². The summed E-state index contributed by atoms with van der Waals surface area (Å²) in [5.74, 6) is 0.895. The van der Waals surface area contributed by atoms with E-state index in [1.807, 2.05) is 24.4 Å². The Bertz CT molecular complexity index is 1450. The topological polar surface area (TPSA) is 92.5 Å². The summed E-state index contributed by atoms with van der Waals surface area (Å²) in [7, 11) is -3.80. The van der Waals surface area contributed by atoms with Crippen molar-refractivity contribution < 1.29 is 8.42 Å². The Hall–Kier alpha value is -2.24. The fraction of sp³-hybridized carbons (Fsp3) is 0.261. The SMILES string of the molecule is O=S(=O)(c1c(Cl)cccc1Cl)N1CCC(c2cc(NCc3cccnc3)n3ncc(Br)c3n2)CC1. The molecule has 1 fully saturated rings. The van der Waals surface area contributed by atoms with Crippen molar-refractivity contribution in [3.05, 3.63) is 80.8 Å². The quantitative estimate of drug-likeness (QED) is 0.322. The van der Waals surface area contributed by atoms with Crippen molar-refractivity contribution in [2.75, 3.05) is 18.4 Å². The molecule has 4 heterocycles. The molecule has 1 N–H and O–H groups in total. The maximum atomic E-state index is 13.2.